The molecule has 2 aromatic heterocycles. The highest BCUT2D eigenvalue weighted by molar-refractivity contribution is 7.15. The summed E-state index contributed by atoms with van der Waals surface area (Å²) in [7, 11) is 0. The summed E-state index contributed by atoms with van der Waals surface area (Å²) < 4.78 is 0. The summed E-state index contributed by atoms with van der Waals surface area (Å²) in [5.41, 5.74) is 10.2. The van der Waals surface area contributed by atoms with Gasteiger partial charge in [0.25, 0.3) is 0 Å². The fourth-order valence-electron chi connectivity index (χ4n) is 2.59. The number of nitrogen functional groups attached to an aromatic ring is 1. The van der Waals surface area contributed by atoms with Gasteiger partial charge in [-0.1, -0.05) is 31.2 Å². The van der Waals surface area contributed by atoms with Crippen LogP contribution in [0.25, 0.3) is 10.9 Å². The molecule has 0 fully saturated rings. The molecule has 0 saturated heterocycles. The van der Waals surface area contributed by atoms with E-state index < -0.39 is 0 Å². The number of nitrogens with zero attached hydrogens (tertiary/aromatic N) is 2. The molecule has 0 aliphatic carbocycles. The number of rotatable bonds is 2. The molecule has 0 spiro atoms. The maximum Gasteiger partial charge on any atom is 0.180 e. The zero-order valence-electron chi connectivity index (χ0n) is 11.8. The third-order valence-electron chi connectivity index (χ3n) is 3.60. The minimum atomic E-state index is 0.253. The van der Waals surface area contributed by atoms with Crippen molar-refractivity contribution >= 4 is 27.4 Å². The van der Waals surface area contributed by atoms with Crippen molar-refractivity contribution in [1.82, 2.24) is 9.97 Å². The van der Waals surface area contributed by atoms with Crippen LogP contribution in [-0.4, -0.2) is 9.97 Å². The maximum absolute atomic E-state index is 5.82. The summed E-state index contributed by atoms with van der Waals surface area (Å²) in [4.78, 5) is 10.3. The number of anilines is 1. The minimum absolute atomic E-state index is 0.253. The lowest BCUT2D eigenvalue weighted by atomic mass is 9.95. The lowest BCUT2D eigenvalue weighted by molar-refractivity contribution is 0.932. The molecule has 1 atom stereocenters. The molecule has 2 heterocycles. The highest BCUT2D eigenvalue weighted by atomic mass is 32.1. The van der Waals surface area contributed by atoms with Crippen molar-refractivity contribution in [3.63, 3.8) is 0 Å². The van der Waals surface area contributed by atoms with Crippen LogP contribution in [0, 0.1) is 13.8 Å². The van der Waals surface area contributed by atoms with Gasteiger partial charge in [0.1, 0.15) is 0 Å². The van der Waals surface area contributed by atoms with Gasteiger partial charge in [-0.05, 0) is 25.5 Å². The van der Waals surface area contributed by atoms with Crippen molar-refractivity contribution in [2.24, 2.45) is 0 Å². The van der Waals surface area contributed by atoms with E-state index in [0.29, 0.717) is 5.13 Å². The van der Waals surface area contributed by atoms with Crippen LogP contribution in [0.4, 0.5) is 5.13 Å². The molecular formula is C16H17N3S. The van der Waals surface area contributed by atoms with E-state index in [-0.39, 0.29) is 5.92 Å². The van der Waals surface area contributed by atoms with Gasteiger partial charge in [-0.15, -0.1) is 11.3 Å². The van der Waals surface area contributed by atoms with Gasteiger partial charge in [0.15, 0.2) is 5.13 Å². The molecule has 0 amide bonds. The van der Waals surface area contributed by atoms with Crippen LogP contribution in [0.5, 0.6) is 0 Å². The number of hydrogen-bond acceptors (Lipinski definition) is 4. The average Bonchev–Trinajstić information content (AvgIpc) is 2.76. The van der Waals surface area contributed by atoms with Crippen LogP contribution in [0.2, 0.25) is 0 Å². The normalized spacial score (nSPS) is 12.8. The van der Waals surface area contributed by atoms with E-state index in [2.05, 4.69) is 36.2 Å². The van der Waals surface area contributed by atoms with Gasteiger partial charge >= 0.3 is 0 Å². The zero-order chi connectivity index (χ0) is 14.3. The van der Waals surface area contributed by atoms with Gasteiger partial charge in [0, 0.05) is 21.9 Å². The first-order valence-corrected chi connectivity index (χ1v) is 7.47. The summed E-state index contributed by atoms with van der Waals surface area (Å²) in [5.74, 6) is 0.253. The molecule has 1 unspecified atom stereocenters. The van der Waals surface area contributed by atoms with Gasteiger partial charge in [-0.25, -0.2) is 4.98 Å². The van der Waals surface area contributed by atoms with Crippen molar-refractivity contribution in [3.05, 3.63) is 52.2 Å². The molecule has 0 aliphatic heterocycles. The van der Waals surface area contributed by atoms with Gasteiger partial charge in [-0.3, -0.25) is 4.98 Å². The molecule has 0 aliphatic rings. The largest absolute Gasteiger partial charge is 0.375 e. The smallest absolute Gasteiger partial charge is 0.180 e. The Labute approximate surface area is 122 Å². The number of para-hydroxylation sites is 1. The number of pyridine rings is 1. The second kappa shape index (κ2) is 4.87. The molecule has 0 bridgehead atoms. The predicted molar refractivity (Wildman–Crippen MR) is 85.3 cm³/mol. The van der Waals surface area contributed by atoms with Crippen molar-refractivity contribution in [2.45, 2.75) is 26.7 Å². The Bertz CT molecular complexity index is 776. The number of nitrogens with two attached hydrogens (primary N) is 1. The quantitative estimate of drug-likeness (QED) is 0.772. The van der Waals surface area contributed by atoms with Gasteiger partial charge in [-0.2, -0.15) is 0 Å². The Balaban J connectivity index is 2.18. The van der Waals surface area contributed by atoms with Gasteiger partial charge in [0.05, 0.1) is 11.2 Å². The van der Waals surface area contributed by atoms with E-state index in [9.17, 15) is 0 Å². The predicted octanol–water partition coefficient (Wildman–Crippen LogP) is 4.04. The van der Waals surface area contributed by atoms with Gasteiger partial charge < -0.3 is 5.73 Å². The third kappa shape index (κ3) is 2.16. The number of aryl methyl sites for hydroxylation is 2. The zero-order valence-corrected chi connectivity index (χ0v) is 12.7. The summed E-state index contributed by atoms with van der Waals surface area (Å²) in [6, 6.07) is 10.5. The van der Waals surface area contributed by atoms with E-state index in [4.69, 9.17) is 10.7 Å². The monoisotopic (exact) mass is 283 g/mol. The third-order valence-corrected chi connectivity index (χ3v) is 4.77. The van der Waals surface area contributed by atoms with Crippen molar-refractivity contribution in [2.75, 3.05) is 5.73 Å². The maximum atomic E-state index is 5.82. The van der Waals surface area contributed by atoms with E-state index in [1.54, 1.807) is 11.3 Å². The first-order chi connectivity index (χ1) is 9.56. The lowest BCUT2D eigenvalue weighted by Crippen LogP contribution is -1.98. The van der Waals surface area contributed by atoms with Crippen LogP contribution in [0.1, 0.15) is 34.7 Å². The van der Waals surface area contributed by atoms with Gasteiger partial charge in [0.2, 0.25) is 0 Å². The average molecular weight is 283 g/mol. The summed E-state index contributed by atoms with van der Waals surface area (Å²) in [5, 5.41) is 1.81. The van der Waals surface area contributed by atoms with Crippen LogP contribution in [-0.2, 0) is 0 Å². The van der Waals surface area contributed by atoms with Crippen molar-refractivity contribution < 1.29 is 0 Å². The lowest BCUT2D eigenvalue weighted by Gasteiger charge is -2.13. The molecule has 0 radical (unpaired) electrons. The molecular weight excluding hydrogens is 266 g/mol. The second-order valence-corrected chi connectivity index (χ2v) is 6.16. The standard InChI is InChI=1S/C16H17N3S/c1-9-7-8-12-5-4-6-13(14(12)18-9)10(2)15-11(3)19-16(17)20-15/h4-8,10H,1-3H3,(H2,17,19). The Hall–Kier alpha value is -1.94. The molecule has 3 rings (SSSR count). The van der Waals surface area contributed by atoms with E-state index in [1.165, 1.54) is 15.8 Å². The molecule has 0 saturated carbocycles. The molecule has 20 heavy (non-hydrogen) atoms. The molecule has 4 heteroatoms. The van der Waals surface area contributed by atoms with E-state index >= 15 is 0 Å². The fraction of sp³-hybridized carbons (Fsp3) is 0.250. The Morgan fingerprint density at radius 1 is 1.10 bits per heavy atom. The summed E-state index contributed by atoms with van der Waals surface area (Å²) in [6.45, 7) is 6.23. The van der Waals surface area contributed by atoms with Crippen LogP contribution in [0.15, 0.2) is 30.3 Å². The summed E-state index contributed by atoms with van der Waals surface area (Å²) in [6.07, 6.45) is 0. The Morgan fingerprint density at radius 2 is 1.90 bits per heavy atom. The Kier molecular flexibility index (Phi) is 3.18. The number of aromatic nitrogens is 2. The highest BCUT2D eigenvalue weighted by Crippen LogP contribution is 2.35. The van der Waals surface area contributed by atoms with Crippen molar-refractivity contribution in [3.8, 4) is 0 Å². The fourth-order valence-corrected chi connectivity index (χ4v) is 3.49. The first-order valence-electron chi connectivity index (χ1n) is 6.65. The topological polar surface area (TPSA) is 51.8 Å². The van der Waals surface area contributed by atoms with E-state index in [1.807, 2.05) is 19.9 Å². The van der Waals surface area contributed by atoms with E-state index in [0.717, 1.165) is 16.9 Å². The number of thiazole rings is 1. The molecule has 102 valence electrons. The Morgan fingerprint density at radius 3 is 2.60 bits per heavy atom. The number of fused-ring (bicyclic) bond motifs is 1. The van der Waals surface area contributed by atoms with Crippen LogP contribution in [0.3, 0.4) is 0 Å². The second-order valence-electron chi connectivity index (χ2n) is 5.10. The molecule has 2 N–H and O–H groups in total. The number of benzene rings is 1. The number of hydrogen-bond donors (Lipinski definition) is 1. The van der Waals surface area contributed by atoms with Crippen LogP contribution >= 0.6 is 11.3 Å². The highest BCUT2D eigenvalue weighted by Gasteiger charge is 2.18. The van der Waals surface area contributed by atoms with Crippen LogP contribution < -0.4 is 5.73 Å². The van der Waals surface area contributed by atoms with Crippen molar-refractivity contribution in [1.29, 1.82) is 0 Å². The SMILES string of the molecule is Cc1ccc2cccc(C(C)c3sc(N)nc3C)c2n1. The minimum Gasteiger partial charge on any atom is -0.375 e. The molecule has 3 nitrogen and oxygen atoms in total. The molecule has 3 aromatic rings. The summed E-state index contributed by atoms with van der Waals surface area (Å²) >= 11 is 1.57. The first kappa shape index (κ1) is 13.1. The molecule has 1 aromatic carbocycles.